The molecule has 0 spiro atoms. The molecule has 0 aliphatic rings. The van der Waals surface area contributed by atoms with Crippen molar-refractivity contribution in [2.75, 3.05) is 27.2 Å². The zero-order valence-corrected chi connectivity index (χ0v) is 13.1. The first kappa shape index (κ1) is 19.2. The highest BCUT2D eigenvalue weighted by molar-refractivity contribution is 6.31. The molecule has 21 heavy (non-hydrogen) atoms. The summed E-state index contributed by atoms with van der Waals surface area (Å²) in [6.07, 6.45) is 0.934. The Balaban J connectivity index is 0.000000567. The van der Waals surface area contributed by atoms with Crippen molar-refractivity contribution in [3.8, 4) is 5.75 Å². The van der Waals surface area contributed by atoms with E-state index in [1.54, 1.807) is 0 Å². The van der Waals surface area contributed by atoms with Crippen LogP contribution in [0.1, 0.15) is 12.5 Å². The van der Waals surface area contributed by atoms with Gasteiger partial charge in [-0.1, -0.05) is 18.5 Å². The maximum atomic E-state index is 9.10. The molecule has 1 aromatic carbocycles. The Kier molecular flexibility index (Phi) is 9.16. The van der Waals surface area contributed by atoms with Gasteiger partial charge >= 0.3 is 11.9 Å². The van der Waals surface area contributed by atoms with Crippen LogP contribution >= 0.6 is 11.6 Å². The fraction of sp³-hybridized carbons (Fsp3) is 0.429. The topological polar surface area (TPSA) is 87.1 Å². The fourth-order valence-corrected chi connectivity index (χ4v) is 1.51. The van der Waals surface area contributed by atoms with E-state index in [9.17, 15) is 0 Å². The van der Waals surface area contributed by atoms with Crippen LogP contribution in [0, 0.1) is 0 Å². The fourth-order valence-electron chi connectivity index (χ4n) is 1.26. The number of carbonyl (C=O) groups is 2. The molecule has 0 amide bonds. The molecule has 0 atom stereocenters. The van der Waals surface area contributed by atoms with Crippen molar-refractivity contribution < 1.29 is 24.5 Å². The Hall–Kier alpha value is -1.79. The first-order valence-corrected chi connectivity index (χ1v) is 6.67. The lowest BCUT2D eigenvalue weighted by atomic mass is 10.1. The predicted octanol–water partition coefficient (Wildman–Crippen LogP) is 2.00. The van der Waals surface area contributed by atoms with E-state index in [1.165, 1.54) is 0 Å². The minimum atomic E-state index is -1.82. The number of nitrogens with zero attached hydrogens (tertiary/aromatic N) is 1. The largest absolute Gasteiger partial charge is 0.492 e. The molecule has 7 heteroatoms. The highest BCUT2D eigenvalue weighted by Gasteiger charge is 2.04. The molecular formula is C14H20ClNO5. The molecule has 118 valence electrons. The highest BCUT2D eigenvalue weighted by atomic mass is 35.5. The third kappa shape index (κ3) is 8.88. The Morgan fingerprint density at radius 3 is 2.24 bits per heavy atom. The predicted molar refractivity (Wildman–Crippen MR) is 80.2 cm³/mol. The quantitative estimate of drug-likeness (QED) is 0.808. The molecule has 0 aliphatic heterocycles. The summed E-state index contributed by atoms with van der Waals surface area (Å²) in [7, 11) is 4.06. The summed E-state index contributed by atoms with van der Waals surface area (Å²) < 4.78 is 5.61. The van der Waals surface area contributed by atoms with Crippen LogP contribution < -0.4 is 4.74 Å². The van der Waals surface area contributed by atoms with Crippen molar-refractivity contribution in [2.45, 2.75) is 13.3 Å². The number of hydrogen-bond acceptors (Lipinski definition) is 4. The monoisotopic (exact) mass is 317 g/mol. The number of halogens is 1. The van der Waals surface area contributed by atoms with Gasteiger partial charge in [0, 0.05) is 11.6 Å². The molecule has 2 N–H and O–H groups in total. The zero-order valence-electron chi connectivity index (χ0n) is 12.3. The number of hydrogen-bond donors (Lipinski definition) is 2. The van der Waals surface area contributed by atoms with Crippen molar-refractivity contribution in [1.82, 2.24) is 4.90 Å². The second-order valence-electron chi connectivity index (χ2n) is 4.37. The van der Waals surface area contributed by atoms with Crippen LogP contribution in [0.2, 0.25) is 5.02 Å². The smallest absolute Gasteiger partial charge is 0.414 e. The van der Waals surface area contributed by atoms with Crippen LogP contribution in [0.25, 0.3) is 0 Å². The molecule has 0 aliphatic carbocycles. The highest BCUT2D eigenvalue weighted by Crippen LogP contribution is 2.22. The van der Waals surface area contributed by atoms with Gasteiger partial charge < -0.3 is 19.8 Å². The van der Waals surface area contributed by atoms with Crippen LogP contribution in [0.4, 0.5) is 0 Å². The van der Waals surface area contributed by atoms with Gasteiger partial charge in [-0.15, -0.1) is 0 Å². The molecule has 0 aromatic heterocycles. The van der Waals surface area contributed by atoms with Crippen molar-refractivity contribution in [2.24, 2.45) is 0 Å². The number of aryl methyl sites for hydroxylation is 1. The van der Waals surface area contributed by atoms with Gasteiger partial charge in [-0.25, -0.2) is 9.59 Å². The summed E-state index contributed by atoms with van der Waals surface area (Å²) in [6, 6.07) is 5.82. The minimum absolute atomic E-state index is 0.706. The summed E-state index contributed by atoms with van der Waals surface area (Å²) in [5, 5.41) is 15.6. The van der Waals surface area contributed by atoms with Crippen LogP contribution in [0.5, 0.6) is 5.75 Å². The van der Waals surface area contributed by atoms with E-state index in [0.717, 1.165) is 29.3 Å². The Bertz CT molecular complexity index is 464. The van der Waals surface area contributed by atoms with E-state index in [1.807, 2.05) is 32.3 Å². The normalized spacial score (nSPS) is 9.76. The number of carboxylic acids is 2. The summed E-state index contributed by atoms with van der Waals surface area (Å²) >= 11 is 6.02. The molecule has 0 unspecified atom stereocenters. The molecule has 0 saturated carbocycles. The number of benzene rings is 1. The summed E-state index contributed by atoms with van der Waals surface area (Å²) in [6.45, 7) is 3.71. The molecule has 0 heterocycles. The third-order valence-corrected chi connectivity index (χ3v) is 2.76. The molecular weight excluding hydrogens is 298 g/mol. The third-order valence-electron chi connectivity index (χ3n) is 2.39. The molecule has 0 bridgehead atoms. The van der Waals surface area contributed by atoms with E-state index in [-0.39, 0.29) is 0 Å². The minimum Gasteiger partial charge on any atom is -0.492 e. The maximum absolute atomic E-state index is 9.10. The van der Waals surface area contributed by atoms with Gasteiger partial charge in [0.15, 0.2) is 0 Å². The molecule has 1 aromatic rings. The number of ether oxygens (including phenoxy) is 1. The first-order valence-electron chi connectivity index (χ1n) is 6.30. The average molecular weight is 318 g/mol. The second-order valence-corrected chi connectivity index (χ2v) is 4.78. The molecule has 0 saturated heterocycles. The lowest BCUT2D eigenvalue weighted by Crippen LogP contribution is -2.19. The number of carboxylic acid groups (broad SMARTS) is 2. The van der Waals surface area contributed by atoms with Crippen LogP contribution in [0.3, 0.4) is 0 Å². The number of likely N-dealkylation sites (N-methyl/N-ethyl adjacent to an activating group) is 1. The summed E-state index contributed by atoms with van der Waals surface area (Å²) in [5.41, 5.74) is 1.14. The summed E-state index contributed by atoms with van der Waals surface area (Å²) in [5.74, 6) is -2.75. The SMILES string of the molecule is CCc1cc(OCCN(C)C)ccc1Cl.O=C(O)C(=O)O. The zero-order chi connectivity index (χ0) is 16.4. The van der Waals surface area contributed by atoms with Gasteiger partial charge in [0.05, 0.1) is 0 Å². The van der Waals surface area contributed by atoms with E-state index in [2.05, 4.69) is 11.8 Å². The van der Waals surface area contributed by atoms with Gasteiger partial charge in [-0.3, -0.25) is 0 Å². The first-order chi connectivity index (χ1) is 9.77. The Morgan fingerprint density at radius 2 is 1.81 bits per heavy atom. The number of rotatable bonds is 5. The van der Waals surface area contributed by atoms with Gasteiger partial charge in [-0.05, 0) is 44.3 Å². The maximum Gasteiger partial charge on any atom is 0.414 e. The van der Waals surface area contributed by atoms with Gasteiger partial charge in [-0.2, -0.15) is 0 Å². The molecule has 6 nitrogen and oxygen atoms in total. The molecule has 0 radical (unpaired) electrons. The van der Waals surface area contributed by atoms with Crippen LogP contribution in [0.15, 0.2) is 18.2 Å². The number of aliphatic carboxylic acids is 2. The van der Waals surface area contributed by atoms with Crippen molar-refractivity contribution in [1.29, 1.82) is 0 Å². The Labute approximate surface area is 128 Å². The molecule has 0 fully saturated rings. The lowest BCUT2D eigenvalue weighted by Gasteiger charge is -2.12. The lowest BCUT2D eigenvalue weighted by molar-refractivity contribution is -0.159. The van der Waals surface area contributed by atoms with Crippen molar-refractivity contribution >= 4 is 23.5 Å². The van der Waals surface area contributed by atoms with E-state index >= 15 is 0 Å². The van der Waals surface area contributed by atoms with Gasteiger partial charge in [0.2, 0.25) is 0 Å². The Morgan fingerprint density at radius 1 is 1.24 bits per heavy atom. The van der Waals surface area contributed by atoms with E-state index in [4.69, 9.17) is 36.1 Å². The van der Waals surface area contributed by atoms with Crippen LogP contribution in [-0.2, 0) is 16.0 Å². The van der Waals surface area contributed by atoms with E-state index < -0.39 is 11.9 Å². The van der Waals surface area contributed by atoms with Crippen molar-refractivity contribution in [3.63, 3.8) is 0 Å². The average Bonchev–Trinajstić information content (AvgIpc) is 2.40. The molecule has 1 rings (SSSR count). The van der Waals surface area contributed by atoms with Crippen LogP contribution in [-0.4, -0.2) is 54.3 Å². The second kappa shape index (κ2) is 10.0. The van der Waals surface area contributed by atoms with Gasteiger partial charge in [0.1, 0.15) is 12.4 Å². The van der Waals surface area contributed by atoms with Crippen molar-refractivity contribution in [3.05, 3.63) is 28.8 Å². The van der Waals surface area contributed by atoms with Gasteiger partial charge in [0.25, 0.3) is 0 Å². The summed E-state index contributed by atoms with van der Waals surface area (Å²) in [4.78, 5) is 20.3. The van der Waals surface area contributed by atoms with E-state index in [0.29, 0.717) is 6.61 Å². The standard InChI is InChI=1S/C12H18ClNO.C2H2O4/c1-4-10-9-11(5-6-12(10)13)15-8-7-14(2)3;3-1(4)2(5)6/h5-6,9H,4,7-8H2,1-3H3;(H,3,4)(H,5,6).